The average Bonchev–Trinajstić information content (AvgIpc) is 2.49. The van der Waals surface area contributed by atoms with Crippen LogP contribution < -0.4 is 10.1 Å². The van der Waals surface area contributed by atoms with E-state index in [0.29, 0.717) is 6.54 Å². The van der Waals surface area contributed by atoms with Crippen molar-refractivity contribution in [3.63, 3.8) is 0 Å². The summed E-state index contributed by atoms with van der Waals surface area (Å²) in [7, 11) is 0. The molecular weight excluding hydrogens is 274 g/mol. The zero-order valence-corrected chi connectivity index (χ0v) is 13.6. The summed E-state index contributed by atoms with van der Waals surface area (Å²) in [6, 6.07) is 14.1. The Morgan fingerprint density at radius 2 is 1.68 bits per heavy atom. The lowest BCUT2D eigenvalue weighted by molar-refractivity contribution is -0.127. The van der Waals surface area contributed by atoms with Crippen LogP contribution in [0.15, 0.2) is 42.5 Å². The second kappa shape index (κ2) is 7.12. The fourth-order valence-electron chi connectivity index (χ4n) is 2.21. The molecule has 1 amide bonds. The van der Waals surface area contributed by atoms with E-state index in [0.717, 1.165) is 16.9 Å². The molecule has 0 heterocycles. The lowest BCUT2D eigenvalue weighted by Crippen LogP contribution is -2.36. The van der Waals surface area contributed by atoms with Crippen LogP contribution in [0.4, 0.5) is 0 Å². The number of ether oxygens (including phenoxy) is 1. The summed E-state index contributed by atoms with van der Waals surface area (Å²) < 4.78 is 5.76. The summed E-state index contributed by atoms with van der Waals surface area (Å²) in [5.74, 6) is 0.643. The van der Waals surface area contributed by atoms with E-state index in [-0.39, 0.29) is 5.91 Å². The minimum absolute atomic E-state index is 0.111. The first-order chi connectivity index (χ1) is 10.5. The van der Waals surface area contributed by atoms with E-state index in [1.54, 1.807) is 6.92 Å². The van der Waals surface area contributed by atoms with Crippen LogP contribution in [0.5, 0.6) is 5.75 Å². The van der Waals surface area contributed by atoms with Crippen molar-refractivity contribution in [3.05, 3.63) is 64.7 Å². The second-order valence-corrected chi connectivity index (χ2v) is 5.73. The first kappa shape index (κ1) is 16.1. The van der Waals surface area contributed by atoms with Gasteiger partial charge in [0.2, 0.25) is 0 Å². The van der Waals surface area contributed by atoms with E-state index in [1.165, 1.54) is 11.1 Å². The molecule has 0 aliphatic rings. The van der Waals surface area contributed by atoms with E-state index < -0.39 is 6.10 Å². The van der Waals surface area contributed by atoms with Crippen LogP contribution >= 0.6 is 0 Å². The van der Waals surface area contributed by atoms with E-state index in [9.17, 15) is 4.79 Å². The molecule has 3 heteroatoms. The molecular formula is C19H23NO2. The molecule has 2 aromatic carbocycles. The van der Waals surface area contributed by atoms with Crippen molar-refractivity contribution in [1.29, 1.82) is 0 Å². The highest BCUT2D eigenvalue weighted by Gasteiger charge is 2.15. The molecule has 0 saturated heterocycles. The summed E-state index contributed by atoms with van der Waals surface area (Å²) in [4.78, 5) is 12.1. The maximum absolute atomic E-state index is 12.1. The van der Waals surface area contributed by atoms with Crippen molar-refractivity contribution in [2.75, 3.05) is 0 Å². The number of carbonyl (C=O) groups excluding carboxylic acids is 1. The number of aryl methyl sites for hydroxylation is 3. The first-order valence-corrected chi connectivity index (χ1v) is 7.53. The fourth-order valence-corrected chi connectivity index (χ4v) is 2.21. The molecule has 0 aliphatic carbocycles. The Morgan fingerprint density at radius 1 is 1.05 bits per heavy atom. The van der Waals surface area contributed by atoms with Crippen LogP contribution in [0.2, 0.25) is 0 Å². The Labute approximate surface area is 132 Å². The molecule has 0 aromatic heterocycles. The molecule has 1 atom stereocenters. The highest BCUT2D eigenvalue weighted by atomic mass is 16.5. The van der Waals surface area contributed by atoms with Gasteiger partial charge in [0, 0.05) is 6.54 Å². The van der Waals surface area contributed by atoms with Gasteiger partial charge in [0.15, 0.2) is 6.10 Å². The summed E-state index contributed by atoms with van der Waals surface area (Å²) in [6.45, 7) is 8.35. The zero-order chi connectivity index (χ0) is 16.1. The monoisotopic (exact) mass is 297 g/mol. The Morgan fingerprint density at radius 3 is 2.32 bits per heavy atom. The van der Waals surface area contributed by atoms with Crippen molar-refractivity contribution >= 4 is 5.91 Å². The number of benzene rings is 2. The summed E-state index contributed by atoms with van der Waals surface area (Å²) >= 11 is 0. The van der Waals surface area contributed by atoms with E-state index in [1.807, 2.05) is 63.2 Å². The van der Waals surface area contributed by atoms with Crippen LogP contribution in [-0.4, -0.2) is 12.0 Å². The molecule has 3 nitrogen and oxygen atoms in total. The highest BCUT2D eigenvalue weighted by molar-refractivity contribution is 5.80. The number of nitrogens with one attached hydrogen (secondary N) is 1. The van der Waals surface area contributed by atoms with Crippen molar-refractivity contribution in [2.45, 2.75) is 40.3 Å². The van der Waals surface area contributed by atoms with Gasteiger partial charge in [0.1, 0.15) is 5.75 Å². The van der Waals surface area contributed by atoms with Crippen molar-refractivity contribution in [1.82, 2.24) is 5.32 Å². The van der Waals surface area contributed by atoms with Crippen molar-refractivity contribution < 1.29 is 9.53 Å². The molecule has 2 aromatic rings. The lowest BCUT2D eigenvalue weighted by Gasteiger charge is -2.16. The summed E-state index contributed by atoms with van der Waals surface area (Å²) in [5.41, 5.74) is 4.51. The molecule has 116 valence electrons. The Hall–Kier alpha value is -2.29. The zero-order valence-electron chi connectivity index (χ0n) is 13.6. The van der Waals surface area contributed by atoms with Crippen molar-refractivity contribution in [3.8, 4) is 5.75 Å². The smallest absolute Gasteiger partial charge is 0.261 e. The largest absolute Gasteiger partial charge is 0.481 e. The second-order valence-electron chi connectivity index (χ2n) is 5.73. The highest BCUT2D eigenvalue weighted by Crippen LogP contribution is 2.20. The van der Waals surface area contributed by atoms with Gasteiger partial charge >= 0.3 is 0 Å². The Bertz CT molecular complexity index is 647. The van der Waals surface area contributed by atoms with Gasteiger partial charge in [0.25, 0.3) is 5.91 Å². The molecule has 0 radical (unpaired) electrons. The van der Waals surface area contributed by atoms with Crippen LogP contribution in [-0.2, 0) is 11.3 Å². The van der Waals surface area contributed by atoms with Gasteiger partial charge in [-0.2, -0.15) is 0 Å². The minimum Gasteiger partial charge on any atom is -0.481 e. The predicted octanol–water partition coefficient (Wildman–Crippen LogP) is 3.70. The first-order valence-electron chi connectivity index (χ1n) is 7.53. The maximum atomic E-state index is 12.1. The molecule has 1 N–H and O–H groups in total. The predicted molar refractivity (Wildman–Crippen MR) is 89.0 cm³/mol. The van der Waals surface area contributed by atoms with Gasteiger partial charge in [0.05, 0.1) is 0 Å². The van der Waals surface area contributed by atoms with E-state index in [2.05, 4.69) is 5.32 Å². The summed E-state index contributed by atoms with van der Waals surface area (Å²) in [6.07, 6.45) is -0.521. The number of hydrogen-bond donors (Lipinski definition) is 1. The Kier molecular flexibility index (Phi) is 5.21. The molecule has 0 aliphatic heterocycles. The third-order valence-electron chi connectivity index (χ3n) is 3.59. The van der Waals surface area contributed by atoms with Gasteiger partial charge in [-0.3, -0.25) is 4.79 Å². The number of hydrogen-bond acceptors (Lipinski definition) is 2. The van der Waals surface area contributed by atoms with E-state index >= 15 is 0 Å². The normalized spacial score (nSPS) is 11.8. The molecule has 22 heavy (non-hydrogen) atoms. The number of amides is 1. The topological polar surface area (TPSA) is 38.3 Å². The summed E-state index contributed by atoms with van der Waals surface area (Å²) in [5, 5.41) is 2.91. The molecule has 0 bridgehead atoms. The third-order valence-corrected chi connectivity index (χ3v) is 3.59. The van der Waals surface area contributed by atoms with Gasteiger partial charge < -0.3 is 10.1 Å². The van der Waals surface area contributed by atoms with Crippen LogP contribution in [0.3, 0.4) is 0 Å². The van der Waals surface area contributed by atoms with Gasteiger partial charge in [-0.25, -0.2) is 0 Å². The van der Waals surface area contributed by atoms with Gasteiger partial charge in [-0.05, 0) is 44.9 Å². The molecule has 0 saturated carbocycles. The Balaban J connectivity index is 1.90. The molecule has 2 rings (SSSR count). The average molecular weight is 297 g/mol. The maximum Gasteiger partial charge on any atom is 0.261 e. The lowest BCUT2D eigenvalue weighted by atomic mass is 10.1. The van der Waals surface area contributed by atoms with Crippen LogP contribution in [0, 0.1) is 20.8 Å². The standard InChI is InChI=1S/C19H23NO2/c1-13-5-8-17(9-6-13)12-20-19(21)16(4)22-18-10-7-14(2)11-15(18)3/h5-11,16H,12H2,1-4H3,(H,20,21)/t16-/m1/s1. The molecule has 0 fully saturated rings. The minimum atomic E-state index is -0.521. The number of rotatable bonds is 5. The SMILES string of the molecule is Cc1ccc(CNC(=O)[C@@H](C)Oc2ccc(C)cc2C)cc1. The van der Waals surface area contributed by atoms with Crippen LogP contribution in [0.1, 0.15) is 29.2 Å². The van der Waals surface area contributed by atoms with Gasteiger partial charge in [-0.1, -0.05) is 47.5 Å². The van der Waals surface area contributed by atoms with Gasteiger partial charge in [-0.15, -0.1) is 0 Å². The fraction of sp³-hybridized carbons (Fsp3) is 0.316. The van der Waals surface area contributed by atoms with Crippen molar-refractivity contribution in [2.24, 2.45) is 0 Å². The molecule has 0 unspecified atom stereocenters. The third kappa shape index (κ3) is 4.35. The quantitative estimate of drug-likeness (QED) is 0.914. The number of carbonyl (C=O) groups is 1. The van der Waals surface area contributed by atoms with Crippen LogP contribution in [0.25, 0.3) is 0 Å². The van der Waals surface area contributed by atoms with E-state index in [4.69, 9.17) is 4.74 Å². The molecule has 0 spiro atoms.